The molecule has 1 heterocycles. The van der Waals surface area contributed by atoms with Crippen LogP contribution in [-0.4, -0.2) is 21.3 Å². The number of aryl methyl sites for hydroxylation is 2. The number of halogens is 1. The van der Waals surface area contributed by atoms with Gasteiger partial charge in [0.05, 0.1) is 11.6 Å². The van der Waals surface area contributed by atoms with Gasteiger partial charge >= 0.3 is 0 Å². The first-order valence-corrected chi connectivity index (χ1v) is 7.06. The largest absolute Gasteiger partial charge is 0.269 e. The zero-order valence-corrected chi connectivity index (χ0v) is 11.3. The number of aromatic nitrogens is 2. The molecule has 2 nitrogen and oxygen atoms in total. The van der Waals surface area contributed by atoms with Gasteiger partial charge in [0, 0.05) is 17.8 Å². The van der Waals surface area contributed by atoms with E-state index in [-0.39, 0.29) is 0 Å². The minimum absolute atomic E-state index is 0.571. The summed E-state index contributed by atoms with van der Waals surface area (Å²) in [5.74, 6) is 2.98. The third-order valence-electron chi connectivity index (χ3n) is 2.53. The summed E-state index contributed by atoms with van der Waals surface area (Å²) in [6.07, 6.45) is 1.18. The quantitative estimate of drug-likeness (QED) is 0.566. The molecule has 0 saturated heterocycles. The molecular formula is C11H19ClN2S. The van der Waals surface area contributed by atoms with E-state index >= 15 is 0 Å². The summed E-state index contributed by atoms with van der Waals surface area (Å²) in [6, 6.07) is 0. The second kappa shape index (κ2) is 6.44. The van der Waals surface area contributed by atoms with Crippen LogP contribution in [0.1, 0.15) is 30.3 Å². The Labute approximate surface area is 101 Å². The first-order valence-electron chi connectivity index (χ1n) is 5.37. The SMILES string of the molecule is CCSCCCn1nc(C)c(CCl)c1C. The lowest BCUT2D eigenvalue weighted by Crippen LogP contribution is -2.03. The molecule has 15 heavy (non-hydrogen) atoms. The lowest BCUT2D eigenvalue weighted by molar-refractivity contribution is 0.586. The van der Waals surface area contributed by atoms with E-state index in [9.17, 15) is 0 Å². The van der Waals surface area contributed by atoms with Gasteiger partial charge in [-0.3, -0.25) is 4.68 Å². The zero-order chi connectivity index (χ0) is 11.3. The third-order valence-corrected chi connectivity index (χ3v) is 3.78. The molecule has 0 atom stereocenters. The van der Waals surface area contributed by atoms with Gasteiger partial charge in [-0.15, -0.1) is 11.6 Å². The van der Waals surface area contributed by atoms with Crippen molar-refractivity contribution in [3.63, 3.8) is 0 Å². The summed E-state index contributed by atoms with van der Waals surface area (Å²) < 4.78 is 2.09. The molecule has 86 valence electrons. The minimum atomic E-state index is 0.571. The molecule has 1 aromatic rings. The monoisotopic (exact) mass is 246 g/mol. The van der Waals surface area contributed by atoms with Crippen molar-refractivity contribution in [1.82, 2.24) is 9.78 Å². The molecule has 4 heteroatoms. The van der Waals surface area contributed by atoms with Gasteiger partial charge in [0.25, 0.3) is 0 Å². The summed E-state index contributed by atoms with van der Waals surface area (Å²) >= 11 is 7.86. The number of thioether (sulfide) groups is 1. The Morgan fingerprint density at radius 2 is 2.13 bits per heavy atom. The van der Waals surface area contributed by atoms with E-state index in [1.807, 2.05) is 18.7 Å². The lowest BCUT2D eigenvalue weighted by atomic mass is 10.2. The van der Waals surface area contributed by atoms with E-state index < -0.39 is 0 Å². The molecule has 0 fully saturated rings. The molecule has 0 spiro atoms. The van der Waals surface area contributed by atoms with Gasteiger partial charge in [-0.05, 0) is 31.8 Å². The Hall–Kier alpha value is -0.150. The van der Waals surface area contributed by atoms with Crippen molar-refractivity contribution >= 4 is 23.4 Å². The molecular weight excluding hydrogens is 228 g/mol. The van der Waals surface area contributed by atoms with Gasteiger partial charge in [-0.2, -0.15) is 16.9 Å². The zero-order valence-electron chi connectivity index (χ0n) is 9.72. The molecule has 1 aromatic heterocycles. The highest BCUT2D eigenvalue weighted by Crippen LogP contribution is 2.16. The Bertz CT molecular complexity index is 310. The van der Waals surface area contributed by atoms with E-state index in [0.717, 1.165) is 12.2 Å². The molecule has 0 amide bonds. The van der Waals surface area contributed by atoms with Crippen LogP contribution in [0.4, 0.5) is 0 Å². The van der Waals surface area contributed by atoms with E-state index in [4.69, 9.17) is 11.6 Å². The van der Waals surface area contributed by atoms with E-state index in [1.165, 1.54) is 29.2 Å². The number of rotatable bonds is 6. The molecule has 0 aliphatic rings. The number of alkyl halides is 1. The number of hydrogen-bond acceptors (Lipinski definition) is 2. The molecule has 0 aliphatic heterocycles. The topological polar surface area (TPSA) is 17.8 Å². The van der Waals surface area contributed by atoms with Crippen molar-refractivity contribution in [1.29, 1.82) is 0 Å². The predicted octanol–water partition coefficient (Wildman–Crippen LogP) is 3.38. The van der Waals surface area contributed by atoms with Crippen LogP contribution < -0.4 is 0 Å². The second-order valence-electron chi connectivity index (χ2n) is 3.56. The van der Waals surface area contributed by atoms with E-state index in [2.05, 4.69) is 23.6 Å². The van der Waals surface area contributed by atoms with Crippen LogP contribution in [-0.2, 0) is 12.4 Å². The second-order valence-corrected chi connectivity index (χ2v) is 5.22. The first-order chi connectivity index (χ1) is 7.20. The van der Waals surface area contributed by atoms with Crippen molar-refractivity contribution in [2.75, 3.05) is 11.5 Å². The molecule has 0 bridgehead atoms. The van der Waals surface area contributed by atoms with Gasteiger partial charge < -0.3 is 0 Å². The Morgan fingerprint density at radius 1 is 1.40 bits per heavy atom. The van der Waals surface area contributed by atoms with Crippen LogP contribution in [0.5, 0.6) is 0 Å². The molecule has 1 rings (SSSR count). The van der Waals surface area contributed by atoms with Crippen molar-refractivity contribution < 1.29 is 0 Å². The van der Waals surface area contributed by atoms with Crippen LogP contribution in [0.15, 0.2) is 0 Å². The van der Waals surface area contributed by atoms with Gasteiger partial charge in [0.15, 0.2) is 0 Å². The highest BCUT2D eigenvalue weighted by atomic mass is 35.5. The van der Waals surface area contributed by atoms with E-state index in [1.54, 1.807) is 0 Å². The average Bonchev–Trinajstić information content (AvgIpc) is 2.49. The summed E-state index contributed by atoms with van der Waals surface area (Å²) in [6.45, 7) is 7.34. The molecule has 0 aromatic carbocycles. The third kappa shape index (κ3) is 3.42. The van der Waals surface area contributed by atoms with Crippen LogP contribution in [0, 0.1) is 13.8 Å². The first kappa shape index (κ1) is 12.9. The normalized spacial score (nSPS) is 10.9. The maximum atomic E-state index is 5.88. The molecule has 0 unspecified atom stereocenters. The molecule has 0 N–H and O–H groups in total. The number of nitrogens with zero attached hydrogens (tertiary/aromatic N) is 2. The maximum Gasteiger partial charge on any atom is 0.0640 e. The molecule has 0 saturated carbocycles. The van der Waals surface area contributed by atoms with Crippen LogP contribution in [0.25, 0.3) is 0 Å². The van der Waals surface area contributed by atoms with Crippen molar-refractivity contribution in [3.8, 4) is 0 Å². The van der Waals surface area contributed by atoms with E-state index in [0.29, 0.717) is 5.88 Å². The standard InChI is InChI=1S/C11H19ClN2S/c1-4-15-7-5-6-14-10(3)11(8-12)9(2)13-14/h4-8H2,1-3H3. The Morgan fingerprint density at radius 3 is 2.67 bits per heavy atom. The van der Waals surface area contributed by atoms with Crippen LogP contribution >= 0.6 is 23.4 Å². The van der Waals surface area contributed by atoms with Crippen molar-refractivity contribution in [2.24, 2.45) is 0 Å². The average molecular weight is 247 g/mol. The van der Waals surface area contributed by atoms with Gasteiger partial charge in [-0.1, -0.05) is 6.92 Å². The fraction of sp³-hybridized carbons (Fsp3) is 0.727. The number of hydrogen-bond donors (Lipinski definition) is 0. The maximum absolute atomic E-state index is 5.88. The van der Waals surface area contributed by atoms with Crippen LogP contribution in [0.2, 0.25) is 0 Å². The fourth-order valence-electron chi connectivity index (χ4n) is 1.61. The molecule has 0 radical (unpaired) electrons. The Balaban J connectivity index is 2.54. The van der Waals surface area contributed by atoms with Gasteiger partial charge in [0.1, 0.15) is 0 Å². The smallest absolute Gasteiger partial charge is 0.0640 e. The minimum Gasteiger partial charge on any atom is -0.269 e. The highest BCUT2D eigenvalue weighted by molar-refractivity contribution is 7.99. The van der Waals surface area contributed by atoms with Gasteiger partial charge in [-0.25, -0.2) is 0 Å². The van der Waals surface area contributed by atoms with Crippen molar-refractivity contribution in [3.05, 3.63) is 17.0 Å². The molecule has 0 aliphatic carbocycles. The van der Waals surface area contributed by atoms with Crippen molar-refractivity contribution in [2.45, 2.75) is 39.6 Å². The predicted molar refractivity (Wildman–Crippen MR) is 68.9 cm³/mol. The fourth-order valence-corrected chi connectivity index (χ4v) is 2.61. The summed E-state index contributed by atoms with van der Waals surface area (Å²) in [5.41, 5.74) is 3.49. The summed E-state index contributed by atoms with van der Waals surface area (Å²) in [5, 5.41) is 4.50. The highest BCUT2D eigenvalue weighted by Gasteiger charge is 2.09. The summed E-state index contributed by atoms with van der Waals surface area (Å²) in [7, 11) is 0. The van der Waals surface area contributed by atoms with Gasteiger partial charge in [0.2, 0.25) is 0 Å². The lowest BCUT2D eigenvalue weighted by Gasteiger charge is -2.04. The van der Waals surface area contributed by atoms with Crippen LogP contribution in [0.3, 0.4) is 0 Å². The Kier molecular flexibility index (Phi) is 5.54. The summed E-state index contributed by atoms with van der Waals surface area (Å²) in [4.78, 5) is 0.